The molecule has 0 amide bonds. The number of nitrogens with zero attached hydrogens (tertiary/aromatic N) is 2. The normalized spacial score (nSPS) is 14.0. The summed E-state index contributed by atoms with van der Waals surface area (Å²) in [7, 11) is 3.39. The van der Waals surface area contributed by atoms with Crippen molar-refractivity contribution in [3.05, 3.63) is 108 Å². The highest BCUT2D eigenvalue weighted by Gasteiger charge is 2.21. The zero-order valence-corrected chi connectivity index (χ0v) is 32.5. The van der Waals surface area contributed by atoms with Crippen LogP contribution >= 0.6 is 24.8 Å². The molecule has 2 aliphatic rings. The Bertz CT molecular complexity index is 1960. The Morgan fingerprint density at radius 3 is 1.25 bits per heavy atom. The molecule has 2 fully saturated rings. The van der Waals surface area contributed by atoms with Crippen LogP contribution in [0.4, 0.5) is 0 Å². The molecule has 2 saturated carbocycles. The van der Waals surface area contributed by atoms with E-state index in [0.29, 0.717) is 12.2 Å². The molecule has 0 atom stereocenters. The summed E-state index contributed by atoms with van der Waals surface area (Å²) in [6, 6.07) is 33.3. The number of hydrogen-bond acceptors (Lipinski definition) is 6. The second kappa shape index (κ2) is 19.0. The maximum absolute atomic E-state index is 6.26. The fourth-order valence-corrected chi connectivity index (χ4v) is 7.34. The first-order valence-corrected chi connectivity index (χ1v) is 17.9. The molecule has 2 aromatic heterocycles. The highest BCUT2D eigenvalue weighted by Crippen LogP contribution is 2.39. The first-order chi connectivity index (χ1) is 24.5. The molecule has 6 aromatic rings. The molecule has 53 heavy (non-hydrogen) atoms. The minimum Gasteiger partial charge on any atom is -0.493 e. The molecule has 0 saturated heterocycles. The third-order valence-electron chi connectivity index (χ3n) is 9.83. The van der Waals surface area contributed by atoms with Crippen molar-refractivity contribution in [2.24, 2.45) is 0 Å². The molecule has 8 rings (SSSR count). The number of methoxy groups -OCH3 is 2. The van der Waals surface area contributed by atoms with Crippen LogP contribution in [0, 0.1) is 13.8 Å². The van der Waals surface area contributed by atoms with E-state index < -0.39 is 0 Å². The van der Waals surface area contributed by atoms with Gasteiger partial charge in [0.2, 0.25) is 0 Å². The molecule has 4 aromatic carbocycles. The fourth-order valence-electron chi connectivity index (χ4n) is 7.34. The van der Waals surface area contributed by atoms with Gasteiger partial charge in [-0.3, -0.25) is 9.97 Å². The van der Waals surface area contributed by atoms with Crippen LogP contribution in [-0.4, -0.2) is 41.9 Å². The van der Waals surface area contributed by atoms with Crippen LogP contribution in [0.5, 0.6) is 23.0 Å². The van der Waals surface area contributed by atoms with E-state index in [0.717, 1.165) is 93.0 Å². The van der Waals surface area contributed by atoms with Gasteiger partial charge in [0, 0.05) is 22.2 Å². The molecule has 0 spiro atoms. The van der Waals surface area contributed by atoms with E-state index in [1.165, 1.54) is 36.8 Å². The largest absolute Gasteiger partial charge is 0.493 e. The number of halogens is 2. The van der Waals surface area contributed by atoms with Crippen molar-refractivity contribution in [2.75, 3.05) is 14.2 Å². The Hall–Kier alpha value is -4.56. The second-order valence-electron chi connectivity index (χ2n) is 13.4. The van der Waals surface area contributed by atoms with Gasteiger partial charge < -0.3 is 24.4 Å². The predicted molar refractivity (Wildman–Crippen MR) is 221 cm³/mol. The maximum Gasteiger partial charge on any atom is 0.162 e. The van der Waals surface area contributed by atoms with Crippen LogP contribution in [-0.2, 0) is 0 Å². The van der Waals surface area contributed by atoms with Crippen molar-refractivity contribution in [3.63, 3.8) is 0 Å². The SMILES string of the molecule is COc1ccc(-c2cc(C)nc3ccccc23)cc1OC1CCCC1.COc1ccc(-c2cc(C)nc3ccccc23)cc1OC1CCCC1.Cl.Cl.O. The number of benzene rings is 4. The van der Waals surface area contributed by atoms with Crippen LogP contribution in [0.2, 0.25) is 0 Å². The lowest BCUT2D eigenvalue weighted by Crippen LogP contribution is -2.11. The summed E-state index contributed by atoms with van der Waals surface area (Å²) in [5.74, 6) is 3.27. The number of aryl methyl sites for hydroxylation is 2. The molecule has 0 bridgehead atoms. The Labute approximate surface area is 325 Å². The van der Waals surface area contributed by atoms with Gasteiger partial charge in [-0.15, -0.1) is 24.8 Å². The maximum atomic E-state index is 6.26. The molecule has 0 aliphatic heterocycles. The van der Waals surface area contributed by atoms with Crippen molar-refractivity contribution in [3.8, 4) is 45.3 Å². The van der Waals surface area contributed by atoms with Gasteiger partial charge in [0.15, 0.2) is 23.0 Å². The summed E-state index contributed by atoms with van der Waals surface area (Å²) in [5.41, 5.74) is 8.71. The Balaban J connectivity index is 0.000000224. The quantitative estimate of drug-likeness (QED) is 0.153. The lowest BCUT2D eigenvalue weighted by atomic mass is 10.00. The van der Waals surface area contributed by atoms with Crippen LogP contribution in [0.1, 0.15) is 62.8 Å². The summed E-state index contributed by atoms with van der Waals surface area (Å²) in [4.78, 5) is 9.29. The third kappa shape index (κ3) is 9.52. The molecule has 2 aliphatic carbocycles. The summed E-state index contributed by atoms with van der Waals surface area (Å²) in [6.45, 7) is 4.07. The first-order valence-electron chi connectivity index (χ1n) is 17.9. The molecule has 9 heteroatoms. The smallest absolute Gasteiger partial charge is 0.162 e. The van der Waals surface area contributed by atoms with Gasteiger partial charge in [0.05, 0.1) is 37.5 Å². The fraction of sp³-hybridized carbons (Fsp3) is 0.318. The van der Waals surface area contributed by atoms with Crippen LogP contribution in [0.25, 0.3) is 44.1 Å². The minimum absolute atomic E-state index is 0. The van der Waals surface area contributed by atoms with Crippen molar-refractivity contribution in [1.29, 1.82) is 0 Å². The predicted octanol–water partition coefficient (Wildman–Crippen LogP) is 11.1. The van der Waals surface area contributed by atoms with E-state index >= 15 is 0 Å². The van der Waals surface area contributed by atoms with Crippen LogP contribution in [0.3, 0.4) is 0 Å². The van der Waals surface area contributed by atoms with Gasteiger partial charge in [-0.25, -0.2) is 0 Å². The summed E-state index contributed by atoms with van der Waals surface area (Å²) in [6.07, 6.45) is 10.1. The Morgan fingerprint density at radius 1 is 0.491 bits per heavy atom. The molecule has 2 heterocycles. The third-order valence-corrected chi connectivity index (χ3v) is 9.83. The highest BCUT2D eigenvalue weighted by molar-refractivity contribution is 5.96. The summed E-state index contributed by atoms with van der Waals surface area (Å²) in [5, 5.41) is 2.31. The average Bonchev–Trinajstić information content (AvgIpc) is 3.86. The van der Waals surface area contributed by atoms with Crippen LogP contribution in [0.15, 0.2) is 97.1 Å². The number of ether oxygens (including phenoxy) is 4. The summed E-state index contributed by atoms with van der Waals surface area (Å²) >= 11 is 0. The number of hydrogen-bond donors (Lipinski definition) is 0. The van der Waals surface area contributed by atoms with Gasteiger partial charge >= 0.3 is 0 Å². The lowest BCUT2D eigenvalue weighted by Gasteiger charge is -2.17. The van der Waals surface area contributed by atoms with Gasteiger partial charge in [-0.05, 0) is 136 Å². The second-order valence-corrected chi connectivity index (χ2v) is 13.4. The van der Waals surface area contributed by atoms with Crippen molar-refractivity contribution in [1.82, 2.24) is 9.97 Å². The Morgan fingerprint density at radius 2 is 0.868 bits per heavy atom. The average molecular weight is 758 g/mol. The van der Waals surface area contributed by atoms with Gasteiger partial charge in [0.1, 0.15) is 0 Å². The van der Waals surface area contributed by atoms with E-state index in [-0.39, 0.29) is 30.3 Å². The van der Waals surface area contributed by atoms with Crippen LogP contribution < -0.4 is 18.9 Å². The topological polar surface area (TPSA) is 94.2 Å². The first kappa shape index (κ1) is 41.2. The standard InChI is InChI=1S/2C22H23NO2.2ClH.H2O/c2*1-15-13-19(18-9-5-6-10-20(18)23-15)16-11-12-21(24-2)22(14-16)25-17-7-3-4-8-17;;;/h2*5-6,9-14,17H,3-4,7-8H2,1-2H3;2*1H;1H2. The number of pyridine rings is 2. The summed E-state index contributed by atoms with van der Waals surface area (Å²) < 4.78 is 23.6. The minimum atomic E-state index is 0. The number of aromatic nitrogens is 2. The highest BCUT2D eigenvalue weighted by atomic mass is 35.5. The monoisotopic (exact) mass is 756 g/mol. The van der Waals surface area contributed by atoms with Crippen molar-refractivity contribution < 1.29 is 24.4 Å². The van der Waals surface area contributed by atoms with Gasteiger partial charge in [-0.1, -0.05) is 48.5 Å². The number of fused-ring (bicyclic) bond motifs is 2. The zero-order chi connectivity index (χ0) is 34.5. The molecule has 2 N–H and O–H groups in total. The van der Waals surface area contributed by atoms with E-state index in [1.807, 2.05) is 38.1 Å². The number of rotatable bonds is 8. The lowest BCUT2D eigenvalue weighted by molar-refractivity contribution is 0.201. The zero-order valence-electron chi connectivity index (χ0n) is 30.9. The molecular weight excluding hydrogens is 707 g/mol. The molecule has 0 unspecified atom stereocenters. The Kier molecular flexibility index (Phi) is 14.7. The van der Waals surface area contributed by atoms with E-state index in [1.54, 1.807) is 14.2 Å². The molecule has 0 radical (unpaired) electrons. The van der Waals surface area contributed by atoms with Gasteiger partial charge in [0.25, 0.3) is 0 Å². The molecule has 280 valence electrons. The van der Waals surface area contributed by atoms with E-state index in [9.17, 15) is 0 Å². The molecule has 7 nitrogen and oxygen atoms in total. The number of para-hydroxylation sites is 2. The van der Waals surface area contributed by atoms with Crippen molar-refractivity contribution >= 4 is 46.6 Å². The van der Waals surface area contributed by atoms with E-state index in [4.69, 9.17) is 18.9 Å². The molecular formula is C44H50Cl2N2O5. The van der Waals surface area contributed by atoms with E-state index in [2.05, 4.69) is 82.8 Å². The van der Waals surface area contributed by atoms with Gasteiger partial charge in [-0.2, -0.15) is 0 Å². The van der Waals surface area contributed by atoms with Crippen molar-refractivity contribution in [2.45, 2.75) is 77.4 Å².